The third kappa shape index (κ3) is 1.44. The SMILES string of the molecule is CC(C(=O)O)c1oc2ccccc2c1N. The van der Waals surface area contributed by atoms with E-state index in [1.807, 2.05) is 18.2 Å². The quantitative estimate of drug-likeness (QED) is 0.787. The van der Waals surface area contributed by atoms with Crippen molar-refractivity contribution in [3.05, 3.63) is 30.0 Å². The molecule has 0 fully saturated rings. The molecule has 2 rings (SSSR count). The molecule has 0 spiro atoms. The number of carbonyl (C=O) groups is 1. The number of fused-ring (bicyclic) bond motifs is 1. The van der Waals surface area contributed by atoms with Gasteiger partial charge in [-0.05, 0) is 19.1 Å². The summed E-state index contributed by atoms with van der Waals surface area (Å²) in [6, 6.07) is 7.24. The summed E-state index contributed by atoms with van der Waals surface area (Å²) in [6.07, 6.45) is 0. The predicted octanol–water partition coefficient (Wildman–Crippen LogP) is 2.20. The lowest BCUT2D eigenvalue weighted by Gasteiger charge is -2.02. The van der Waals surface area contributed by atoms with E-state index in [0.29, 0.717) is 17.0 Å². The lowest BCUT2D eigenvalue weighted by atomic mass is 10.1. The van der Waals surface area contributed by atoms with Gasteiger partial charge in [-0.3, -0.25) is 4.79 Å². The third-order valence-electron chi connectivity index (χ3n) is 2.43. The standard InChI is InChI=1S/C11H11NO3/c1-6(11(13)14)10-9(12)7-4-2-3-5-8(7)15-10/h2-6H,12H2,1H3,(H,13,14). The molecule has 2 aromatic rings. The van der Waals surface area contributed by atoms with Gasteiger partial charge in [0.15, 0.2) is 0 Å². The summed E-state index contributed by atoms with van der Waals surface area (Å²) >= 11 is 0. The average Bonchev–Trinajstić information content (AvgIpc) is 2.56. The van der Waals surface area contributed by atoms with Crippen molar-refractivity contribution in [2.75, 3.05) is 5.73 Å². The second-order valence-electron chi connectivity index (χ2n) is 3.44. The van der Waals surface area contributed by atoms with Gasteiger partial charge >= 0.3 is 5.97 Å². The molecule has 0 aliphatic carbocycles. The fraction of sp³-hybridized carbons (Fsp3) is 0.182. The number of hydrogen-bond acceptors (Lipinski definition) is 3. The van der Waals surface area contributed by atoms with Crippen LogP contribution in [0, 0.1) is 0 Å². The number of carboxylic acid groups (broad SMARTS) is 1. The highest BCUT2D eigenvalue weighted by Crippen LogP contribution is 2.32. The molecule has 1 aromatic carbocycles. The number of nitrogen functional groups attached to an aromatic ring is 1. The Bertz CT molecular complexity index is 516. The smallest absolute Gasteiger partial charge is 0.314 e. The normalized spacial score (nSPS) is 12.9. The van der Waals surface area contributed by atoms with Crippen LogP contribution in [-0.2, 0) is 4.79 Å². The van der Waals surface area contributed by atoms with Crippen LogP contribution in [0.25, 0.3) is 11.0 Å². The van der Waals surface area contributed by atoms with Gasteiger partial charge in [0.2, 0.25) is 0 Å². The molecule has 0 aliphatic heterocycles. The molecule has 1 unspecified atom stereocenters. The van der Waals surface area contributed by atoms with E-state index in [4.69, 9.17) is 15.3 Å². The molecule has 0 radical (unpaired) electrons. The van der Waals surface area contributed by atoms with Crippen LogP contribution < -0.4 is 5.73 Å². The van der Waals surface area contributed by atoms with E-state index >= 15 is 0 Å². The number of rotatable bonds is 2. The molecule has 0 bridgehead atoms. The van der Waals surface area contributed by atoms with Gasteiger partial charge in [-0.25, -0.2) is 0 Å². The first-order chi connectivity index (χ1) is 7.11. The molecule has 15 heavy (non-hydrogen) atoms. The highest BCUT2D eigenvalue weighted by Gasteiger charge is 2.22. The van der Waals surface area contributed by atoms with E-state index in [9.17, 15) is 4.79 Å². The summed E-state index contributed by atoms with van der Waals surface area (Å²) in [4.78, 5) is 10.8. The van der Waals surface area contributed by atoms with Gasteiger partial charge in [0.1, 0.15) is 17.3 Å². The van der Waals surface area contributed by atoms with Gasteiger partial charge < -0.3 is 15.3 Å². The van der Waals surface area contributed by atoms with Crippen molar-refractivity contribution in [1.82, 2.24) is 0 Å². The van der Waals surface area contributed by atoms with Gasteiger partial charge in [0, 0.05) is 5.39 Å². The Kier molecular flexibility index (Phi) is 2.11. The summed E-state index contributed by atoms with van der Waals surface area (Å²) in [5.74, 6) is -1.35. The number of carboxylic acids is 1. The Hall–Kier alpha value is -1.97. The van der Waals surface area contributed by atoms with Crippen molar-refractivity contribution in [2.24, 2.45) is 0 Å². The molecule has 1 aromatic heterocycles. The van der Waals surface area contributed by atoms with Crippen molar-refractivity contribution < 1.29 is 14.3 Å². The largest absolute Gasteiger partial charge is 0.481 e. The maximum absolute atomic E-state index is 10.8. The highest BCUT2D eigenvalue weighted by atomic mass is 16.4. The van der Waals surface area contributed by atoms with Crippen molar-refractivity contribution in [3.63, 3.8) is 0 Å². The lowest BCUT2D eigenvalue weighted by molar-refractivity contribution is -0.138. The van der Waals surface area contributed by atoms with Gasteiger partial charge in [-0.2, -0.15) is 0 Å². The Balaban J connectivity index is 2.63. The molecular formula is C11H11NO3. The molecule has 0 aliphatic rings. The van der Waals surface area contributed by atoms with Crippen LogP contribution in [0.1, 0.15) is 18.6 Å². The Morgan fingerprint density at radius 1 is 1.47 bits per heavy atom. The zero-order chi connectivity index (χ0) is 11.0. The van der Waals surface area contributed by atoms with Gasteiger partial charge in [0.05, 0.1) is 5.69 Å². The number of anilines is 1. The number of aliphatic carboxylic acids is 1. The highest BCUT2D eigenvalue weighted by molar-refractivity contribution is 5.93. The molecule has 1 atom stereocenters. The first kappa shape index (κ1) is 9.58. The molecule has 0 amide bonds. The van der Waals surface area contributed by atoms with Crippen LogP contribution in [0.5, 0.6) is 0 Å². The number of hydrogen-bond donors (Lipinski definition) is 2. The topological polar surface area (TPSA) is 76.5 Å². The van der Waals surface area contributed by atoms with Crippen molar-refractivity contribution >= 4 is 22.6 Å². The summed E-state index contributed by atoms with van der Waals surface area (Å²) < 4.78 is 5.42. The van der Waals surface area contributed by atoms with E-state index in [0.717, 1.165) is 5.39 Å². The monoisotopic (exact) mass is 205 g/mol. The van der Waals surface area contributed by atoms with E-state index in [1.165, 1.54) is 0 Å². The summed E-state index contributed by atoms with van der Waals surface area (Å²) in [5.41, 5.74) is 6.86. The Morgan fingerprint density at radius 2 is 2.13 bits per heavy atom. The molecule has 1 heterocycles. The van der Waals surface area contributed by atoms with Gasteiger partial charge in [0.25, 0.3) is 0 Å². The first-order valence-corrected chi connectivity index (χ1v) is 4.61. The molecule has 4 heteroatoms. The Morgan fingerprint density at radius 3 is 2.73 bits per heavy atom. The summed E-state index contributed by atoms with van der Waals surface area (Å²) in [7, 11) is 0. The van der Waals surface area contributed by atoms with E-state index in [2.05, 4.69) is 0 Å². The minimum atomic E-state index is -0.944. The minimum Gasteiger partial charge on any atom is -0.481 e. The fourth-order valence-corrected chi connectivity index (χ4v) is 1.52. The van der Waals surface area contributed by atoms with Gasteiger partial charge in [-0.1, -0.05) is 12.1 Å². The van der Waals surface area contributed by atoms with E-state index in [1.54, 1.807) is 13.0 Å². The second-order valence-corrected chi connectivity index (χ2v) is 3.44. The first-order valence-electron chi connectivity index (χ1n) is 4.61. The van der Waals surface area contributed by atoms with Crippen LogP contribution >= 0.6 is 0 Å². The maximum Gasteiger partial charge on any atom is 0.314 e. The zero-order valence-electron chi connectivity index (χ0n) is 8.23. The molecule has 78 valence electrons. The number of para-hydroxylation sites is 1. The van der Waals surface area contributed by atoms with Crippen molar-refractivity contribution in [2.45, 2.75) is 12.8 Å². The van der Waals surface area contributed by atoms with Crippen LogP contribution in [0.3, 0.4) is 0 Å². The summed E-state index contributed by atoms with van der Waals surface area (Å²) in [5, 5.41) is 9.63. The lowest BCUT2D eigenvalue weighted by Crippen LogP contribution is -2.08. The average molecular weight is 205 g/mol. The van der Waals surface area contributed by atoms with Crippen LogP contribution in [0.4, 0.5) is 5.69 Å². The summed E-state index contributed by atoms with van der Waals surface area (Å²) in [6.45, 7) is 1.55. The second kappa shape index (κ2) is 3.31. The van der Waals surface area contributed by atoms with Crippen molar-refractivity contribution in [3.8, 4) is 0 Å². The predicted molar refractivity (Wildman–Crippen MR) is 56.7 cm³/mol. The molecule has 0 saturated carbocycles. The maximum atomic E-state index is 10.8. The number of benzene rings is 1. The third-order valence-corrected chi connectivity index (χ3v) is 2.43. The van der Waals surface area contributed by atoms with Crippen molar-refractivity contribution in [1.29, 1.82) is 0 Å². The number of nitrogens with two attached hydrogens (primary N) is 1. The molecule has 4 nitrogen and oxygen atoms in total. The van der Waals surface area contributed by atoms with Crippen LogP contribution in [0.15, 0.2) is 28.7 Å². The van der Waals surface area contributed by atoms with Crippen LogP contribution in [-0.4, -0.2) is 11.1 Å². The minimum absolute atomic E-state index is 0.323. The van der Waals surface area contributed by atoms with Crippen LogP contribution in [0.2, 0.25) is 0 Å². The molecule has 0 saturated heterocycles. The molecular weight excluding hydrogens is 194 g/mol. The zero-order valence-corrected chi connectivity index (χ0v) is 8.23. The molecule has 3 N–H and O–H groups in total. The van der Waals surface area contributed by atoms with E-state index in [-0.39, 0.29) is 0 Å². The Labute approximate surface area is 86.3 Å². The fourth-order valence-electron chi connectivity index (χ4n) is 1.52. The van der Waals surface area contributed by atoms with Gasteiger partial charge in [-0.15, -0.1) is 0 Å². The number of furan rings is 1. The van der Waals surface area contributed by atoms with E-state index < -0.39 is 11.9 Å².